The van der Waals surface area contributed by atoms with Gasteiger partial charge in [-0.25, -0.2) is 4.79 Å². The number of hydrogen-bond donors (Lipinski definition) is 3. The first-order chi connectivity index (χ1) is 45.8. The highest BCUT2D eigenvalue weighted by Gasteiger charge is 2.44. The number of ether oxygens (including phenoxy) is 3. The van der Waals surface area contributed by atoms with Crippen molar-refractivity contribution in [3.63, 3.8) is 0 Å². The molecule has 26 heteroatoms. The molecular weight excluding hydrogens is 1350 g/mol. The zero-order valence-electron chi connectivity index (χ0n) is 54.6. The summed E-state index contributed by atoms with van der Waals surface area (Å²) in [5, 5.41) is 28.8. The summed E-state index contributed by atoms with van der Waals surface area (Å²) in [7, 11) is 0. The minimum Gasteiger partial charge on any atom is -0.482 e. The third kappa shape index (κ3) is 19.6. The van der Waals surface area contributed by atoms with Crippen molar-refractivity contribution in [2.24, 2.45) is 15.6 Å². The van der Waals surface area contributed by atoms with Crippen LogP contribution in [0.3, 0.4) is 0 Å². The molecule has 0 bridgehead atoms. The molecule has 0 saturated carbocycles. The first-order valence-corrected chi connectivity index (χ1v) is 33.9. The molecule has 0 spiro atoms. The van der Waals surface area contributed by atoms with E-state index in [1.807, 2.05) is 51.1 Å². The van der Waals surface area contributed by atoms with Crippen molar-refractivity contribution in [3.05, 3.63) is 179 Å². The molecule has 0 fully saturated rings. The van der Waals surface area contributed by atoms with Crippen LogP contribution in [-0.4, -0.2) is 86.1 Å². The molecule has 2 aromatic heterocycles. The number of nitrogens with one attached hydrogen (secondary N) is 3. The Morgan fingerprint density at radius 2 is 1.21 bits per heavy atom. The first-order valence-electron chi connectivity index (χ1n) is 31.7. The molecule has 2 aliphatic heterocycles. The summed E-state index contributed by atoms with van der Waals surface area (Å²) in [6.07, 6.45) is 18.1. The number of aromatic nitrogens is 4. The maximum atomic E-state index is 13.8. The first kappa shape index (κ1) is 73.8. The van der Waals surface area contributed by atoms with Gasteiger partial charge >= 0.3 is 5.97 Å². The van der Waals surface area contributed by atoms with Gasteiger partial charge in [-0.15, -0.1) is 10.2 Å². The number of hydrogen-bond acceptors (Lipinski definition) is 13. The van der Waals surface area contributed by atoms with Gasteiger partial charge in [0.15, 0.2) is 36.5 Å². The van der Waals surface area contributed by atoms with Crippen molar-refractivity contribution in [2.45, 2.75) is 151 Å². The summed E-state index contributed by atoms with van der Waals surface area (Å²) in [4.78, 5) is 79.4. The number of carbonyl (C=O) groups is 6. The molecule has 5 aromatic carbocycles. The van der Waals surface area contributed by atoms with Crippen molar-refractivity contribution in [2.75, 3.05) is 28.5 Å². The van der Waals surface area contributed by atoms with Crippen molar-refractivity contribution < 1.29 is 43.0 Å². The van der Waals surface area contributed by atoms with E-state index in [-0.39, 0.29) is 78.8 Å². The lowest BCUT2D eigenvalue weighted by atomic mass is 9.95. The van der Waals surface area contributed by atoms with Crippen LogP contribution in [-0.2, 0) is 41.6 Å². The Hall–Kier alpha value is -7.98. The van der Waals surface area contributed by atoms with E-state index in [1.54, 1.807) is 63.6 Å². The quantitative estimate of drug-likeness (QED) is 0.0341. The minimum absolute atomic E-state index is 0.00635. The van der Waals surface area contributed by atoms with E-state index < -0.39 is 47.3 Å². The minimum atomic E-state index is -1.10. The Balaban J connectivity index is 0.000000249. The van der Waals surface area contributed by atoms with E-state index in [0.717, 1.165) is 56.4 Å². The lowest BCUT2D eigenvalue weighted by Crippen LogP contribution is -2.43. The van der Waals surface area contributed by atoms with Crippen LogP contribution in [0.5, 0.6) is 11.5 Å². The molecule has 0 saturated heterocycles. The number of anilines is 3. The van der Waals surface area contributed by atoms with Gasteiger partial charge in [0.05, 0.1) is 32.9 Å². The number of unbranched alkanes of at least 4 members (excludes halogenated alkanes) is 7. The Kier molecular flexibility index (Phi) is 26.4. The predicted octanol–water partition coefficient (Wildman–Crippen LogP) is 16.0. The number of benzene rings is 5. The zero-order valence-corrected chi connectivity index (χ0v) is 59.2. The predicted molar refractivity (Wildman–Crippen MR) is 378 cm³/mol. The topological polar surface area (TPSA) is 233 Å². The van der Waals surface area contributed by atoms with Crippen LogP contribution in [0.1, 0.15) is 149 Å². The largest absolute Gasteiger partial charge is 0.482 e. The third-order valence-corrected chi connectivity index (χ3v) is 17.1. The molecule has 4 heterocycles. The van der Waals surface area contributed by atoms with Crippen LogP contribution in [0.25, 0.3) is 0 Å². The molecule has 96 heavy (non-hydrogen) atoms. The van der Waals surface area contributed by atoms with Gasteiger partial charge < -0.3 is 30.2 Å². The monoisotopic (exact) mass is 1430 g/mol. The van der Waals surface area contributed by atoms with E-state index in [2.05, 4.69) is 56.3 Å². The van der Waals surface area contributed by atoms with Crippen molar-refractivity contribution in [1.82, 2.24) is 30.2 Å². The second-order valence-corrected chi connectivity index (χ2v) is 26.8. The molecular formula is C70H77Cl6N11O9. The van der Waals surface area contributed by atoms with E-state index >= 15 is 0 Å². The van der Waals surface area contributed by atoms with Crippen LogP contribution in [0.2, 0.25) is 30.1 Å². The highest BCUT2D eigenvalue weighted by Crippen LogP contribution is 2.42. The van der Waals surface area contributed by atoms with E-state index in [4.69, 9.17) is 83.8 Å². The van der Waals surface area contributed by atoms with E-state index in [9.17, 15) is 28.8 Å². The average Bonchev–Trinajstić information content (AvgIpc) is 1.62. The molecule has 0 aliphatic carbocycles. The van der Waals surface area contributed by atoms with Gasteiger partial charge in [-0.1, -0.05) is 191 Å². The van der Waals surface area contributed by atoms with Crippen LogP contribution < -0.4 is 35.4 Å². The Morgan fingerprint density at radius 1 is 0.625 bits per heavy atom. The molecule has 20 nitrogen and oxygen atoms in total. The summed E-state index contributed by atoms with van der Waals surface area (Å²) in [5.41, 5.74) is 5.19. The van der Waals surface area contributed by atoms with Crippen LogP contribution >= 0.6 is 69.6 Å². The van der Waals surface area contributed by atoms with Gasteiger partial charge in [-0.2, -0.15) is 20.2 Å². The summed E-state index contributed by atoms with van der Waals surface area (Å²) < 4.78 is 20.1. The normalized spacial score (nSPS) is 14.8. The Labute approximate surface area is 588 Å². The van der Waals surface area contributed by atoms with Crippen LogP contribution in [0, 0.1) is 26.2 Å². The molecule has 5 amide bonds. The molecule has 3 unspecified atom stereocenters. The van der Waals surface area contributed by atoms with Gasteiger partial charge in [0.1, 0.15) is 22.9 Å². The highest BCUT2D eigenvalue weighted by molar-refractivity contribution is 6.44. The Bertz CT molecular complexity index is 3980. The van der Waals surface area contributed by atoms with Crippen molar-refractivity contribution >= 4 is 134 Å². The number of carbonyl (C=O) groups excluding carboxylic acids is 6. The highest BCUT2D eigenvalue weighted by atomic mass is 35.5. The second-order valence-electron chi connectivity index (χ2n) is 24.3. The van der Waals surface area contributed by atoms with Gasteiger partial charge in [-0.05, 0) is 130 Å². The van der Waals surface area contributed by atoms with E-state index in [0.29, 0.717) is 35.7 Å². The Morgan fingerprint density at radius 3 is 1.79 bits per heavy atom. The standard InChI is InChI=1S/C39H50Cl3N5O5.C31H27Cl3N6O4/c1-6-7-8-9-10-11-12-13-16-28-20-26(2)17-18-32(28)52-25-33(48)51-19-14-15-27-23-43-46(24-27)35-36(44-38(50)39(3,4)5)45-47(37(35)49)34-30(41)21-29(40)22-31(34)42;1-4-24(44-25-10-9-17(2)13-18(25)3)30(42)36-21-8-5-7-19(14-21)29(41)37-28-27(39-12-6-11-35-39)31(43)40(38-28)26-22(33)15-20(32)16-23(26)34/h17-18,20-24,35H,6-16,19,25H2,1-5H3,(H,44,45,50);5-16,24,27H,4H2,1-3H3,(H,36,42)(H,37,38,41). The molecule has 3 atom stereocenters. The number of nitrogens with zero attached hydrogens (tertiary/aromatic N) is 8. The fraction of sp³-hybridized carbons (Fsp3) is 0.371. The number of hydrazone groups is 2. The van der Waals surface area contributed by atoms with Gasteiger partial charge in [0, 0.05) is 45.3 Å². The smallest absolute Gasteiger partial charge is 0.344 e. The summed E-state index contributed by atoms with van der Waals surface area (Å²) in [6, 6.07) is 23.4. The summed E-state index contributed by atoms with van der Waals surface area (Å²) >= 11 is 37.7. The molecule has 508 valence electrons. The van der Waals surface area contributed by atoms with Crippen molar-refractivity contribution in [3.8, 4) is 11.5 Å². The van der Waals surface area contributed by atoms with Crippen LogP contribution in [0.15, 0.2) is 126 Å². The zero-order chi connectivity index (χ0) is 69.4. The number of rotatable bonds is 26. The maximum Gasteiger partial charge on any atom is 0.344 e. The SMILES string of the molecule is CCC(Oc1ccc(C)cc1C)C(=O)Nc1cccc(C(=O)NC2=NN(c3c(Cl)cc(Cl)cc3Cl)C(=O)C2n2cccn2)c1.CCCCCCCCCCc1cc(C)ccc1OCC(=O)OCCCc1cnn(C2C(=O)N(c3c(Cl)cc(Cl)cc3Cl)N=C2NC(=O)C(C)(C)C)c1. The van der Waals surface area contributed by atoms with Gasteiger partial charge in [0.25, 0.3) is 23.6 Å². The lowest BCUT2D eigenvalue weighted by Gasteiger charge is -2.19. The molecule has 7 aromatic rings. The molecule has 2 aliphatic rings. The van der Waals surface area contributed by atoms with Crippen molar-refractivity contribution in [1.29, 1.82) is 0 Å². The average molecular weight is 1430 g/mol. The second kappa shape index (κ2) is 34.3. The number of aryl methyl sites for hydroxylation is 5. The third-order valence-electron chi connectivity index (χ3n) is 15.5. The molecule has 9 rings (SSSR count). The number of esters is 1. The number of halogens is 6. The van der Waals surface area contributed by atoms with Crippen LogP contribution in [0.4, 0.5) is 17.1 Å². The molecule has 0 radical (unpaired) electrons. The maximum absolute atomic E-state index is 13.8. The van der Waals surface area contributed by atoms with Gasteiger partial charge in [-0.3, -0.25) is 33.3 Å². The summed E-state index contributed by atoms with van der Waals surface area (Å²) in [5.74, 6) is -1.36. The summed E-state index contributed by atoms with van der Waals surface area (Å²) in [6.45, 7) is 15.3. The number of amides is 5. The number of amidine groups is 2. The lowest BCUT2D eigenvalue weighted by molar-refractivity contribution is -0.146. The van der Waals surface area contributed by atoms with E-state index in [1.165, 1.54) is 90.8 Å². The van der Waals surface area contributed by atoms with Gasteiger partial charge in [0.2, 0.25) is 5.91 Å². The fourth-order valence-electron chi connectivity index (χ4n) is 10.4. The molecule has 3 N–H and O–H groups in total. The fourth-order valence-corrected chi connectivity index (χ4v) is 12.4.